The smallest absolute Gasteiger partial charge is 0.321 e. The van der Waals surface area contributed by atoms with E-state index in [4.69, 9.17) is 5.73 Å². The van der Waals surface area contributed by atoms with Crippen LogP contribution in [0, 0.1) is 5.92 Å². The number of nitrogens with zero attached hydrogens (tertiary/aromatic N) is 3. The molecular formula is C33H39N4O6P. The Hall–Kier alpha value is -4.27. The Labute approximate surface area is 257 Å². The Bertz CT molecular complexity index is 1600. The predicted molar refractivity (Wildman–Crippen MR) is 171 cm³/mol. The van der Waals surface area contributed by atoms with Crippen LogP contribution in [0.25, 0.3) is 10.8 Å². The van der Waals surface area contributed by atoms with Crippen molar-refractivity contribution in [1.29, 1.82) is 0 Å². The largest absolute Gasteiger partial charge is 0.351 e. The molecule has 1 fully saturated rings. The molecule has 5 amide bonds. The average Bonchev–Trinajstić information content (AvgIpc) is 3.77. The van der Waals surface area contributed by atoms with Gasteiger partial charge in [-0.25, -0.2) is 4.79 Å². The highest BCUT2D eigenvalue weighted by Gasteiger charge is 2.51. The quantitative estimate of drug-likeness (QED) is 0.209. The van der Waals surface area contributed by atoms with E-state index in [1.165, 1.54) is 16.7 Å². The highest BCUT2D eigenvalue weighted by Crippen LogP contribution is 2.51. The number of nitrogens with two attached hydrogens (primary N) is 1. The van der Waals surface area contributed by atoms with Gasteiger partial charge in [0.2, 0.25) is 25.1 Å². The number of hydrogen-bond donors (Lipinski definition) is 2. The number of benzene rings is 3. The van der Waals surface area contributed by atoms with Gasteiger partial charge in [0, 0.05) is 38.2 Å². The zero-order chi connectivity index (χ0) is 32.0. The molecule has 1 saturated carbocycles. The second-order valence-corrected chi connectivity index (χ2v) is 13.4. The standard InChI is InChI=1S/C33H39N4O6P/c1-4-6-18-36(33(34)41)32(40)28-21-29(28)35(5-2)30(39)22-44(42,43)31(19-24-12-8-7-9-13-24)37(23(3)38)27-17-16-25-14-10-11-15-26(25)20-27/h4,7-17,20,28-29,31H,1,5-6,18-19,21-22H2,2-3H3,(H2,34,41)(H,42,43). The molecule has 0 aliphatic heterocycles. The number of amides is 5. The lowest BCUT2D eigenvalue weighted by molar-refractivity contribution is -0.132. The molecule has 10 nitrogen and oxygen atoms in total. The average molecular weight is 619 g/mol. The summed E-state index contributed by atoms with van der Waals surface area (Å²) in [6.07, 6.45) is 1.59. The lowest BCUT2D eigenvalue weighted by Gasteiger charge is -2.35. The molecule has 0 saturated heterocycles. The third kappa shape index (κ3) is 7.44. The summed E-state index contributed by atoms with van der Waals surface area (Å²) in [5.41, 5.74) is 6.60. The number of urea groups is 1. The molecule has 0 bridgehead atoms. The normalized spacial score (nSPS) is 17.6. The first-order valence-corrected chi connectivity index (χ1v) is 16.5. The third-order valence-corrected chi connectivity index (χ3v) is 10.0. The molecule has 3 aromatic rings. The van der Waals surface area contributed by atoms with Gasteiger partial charge in [0.1, 0.15) is 11.9 Å². The van der Waals surface area contributed by atoms with Crippen molar-refractivity contribution in [2.45, 2.75) is 44.9 Å². The highest BCUT2D eigenvalue weighted by atomic mass is 31.2. The Morgan fingerprint density at radius 3 is 2.32 bits per heavy atom. The van der Waals surface area contributed by atoms with Crippen LogP contribution in [0.3, 0.4) is 0 Å². The van der Waals surface area contributed by atoms with Gasteiger partial charge in [0.05, 0.1) is 5.92 Å². The lowest BCUT2D eigenvalue weighted by atomic mass is 10.1. The summed E-state index contributed by atoms with van der Waals surface area (Å²) in [6, 6.07) is 20.7. The molecular weight excluding hydrogens is 579 g/mol. The minimum Gasteiger partial charge on any atom is -0.351 e. The second-order valence-electron chi connectivity index (χ2n) is 11.0. The van der Waals surface area contributed by atoms with Gasteiger partial charge in [0.15, 0.2) is 0 Å². The Kier molecular flexibility index (Phi) is 10.4. The number of anilines is 1. The minimum absolute atomic E-state index is 0.0435. The van der Waals surface area contributed by atoms with Gasteiger partial charge in [-0.05, 0) is 48.2 Å². The van der Waals surface area contributed by atoms with Crippen LogP contribution >= 0.6 is 7.37 Å². The van der Waals surface area contributed by atoms with Crippen molar-refractivity contribution in [3.05, 3.63) is 91.0 Å². The predicted octanol–water partition coefficient (Wildman–Crippen LogP) is 4.75. The fourth-order valence-corrected chi connectivity index (χ4v) is 7.59. The number of primary amides is 1. The number of rotatable bonds is 13. The van der Waals surface area contributed by atoms with Crippen LogP contribution in [0.15, 0.2) is 85.5 Å². The second kappa shape index (κ2) is 14.0. The zero-order valence-corrected chi connectivity index (χ0v) is 25.9. The Morgan fingerprint density at radius 1 is 1.05 bits per heavy atom. The van der Waals surface area contributed by atoms with Crippen molar-refractivity contribution in [3.63, 3.8) is 0 Å². The summed E-state index contributed by atoms with van der Waals surface area (Å²) < 4.78 is 14.3. The molecule has 4 atom stereocenters. The fraction of sp³-hybridized carbons (Fsp3) is 0.333. The summed E-state index contributed by atoms with van der Waals surface area (Å²) in [7, 11) is -4.40. The molecule has 4 unspecified atom stereocenters. The van der Waals surface area contributed by atoms with Gasteiger partial charge in [-0.3, -0.25) is 28.7 Å². The topological polar surface area (TPSA) is 141 Å². The van der Waals surface area contributed by atoms with E-state index in [9.17, 15) is 28.6 Å². The summed E-state index contributed by atoms with van der Waals surface area (Å²) in [4.78, 5) is 67.0. The molecule has 232 valence electrons. The molecule has 0 radical (unpaired) electrons. The first-order valence-electron chi connectivity index (χ1n) is 14.6. The number of hydrogen-bond acceptors (Lipinski definition) is 5. The summed E-state index contributed by atoms with van der Waals surface area (Å²) in [6.45, 7) is 6.95. The van der Waals surface area contributed by atoms with Crippen molar-refractivity contribution in [3.8, 4) is 0 Å². The molecule has 0 heterocycles. The van der Waals surface area contributed by atoms with E-state index in [1.54, 1.807) is 25.1 Å². The van der Waals surface area contributed by atoms with Crippen molar-refractivity contribution in [2.75, 3.05) is 24.2 Å². The zero-order valence-electron chi connectivity index (χ0n) is 25.0. The van der Waals surface area contributed by atoms with E-state index < -0.39 is 55.0 Å². The maximum absolute atomic E-state index is 14.3. The highest BCUT2D eigenvalue weighted by molar-refractivity contribution is 7.59. The van der Waals surface area contributed by atoms with Crippen LogP contribution in [0.1, 0.15) is 32.3 Å². The van der Waals surface area contributed by atoms with Crippen LogP contribution in [-0.2, 0) is 25.4 Å². The van der Waals surface area contributed by atoms with Crippen LogP contribution in [0.4, 0.5) is 10.5 Å². The molecule has 11 heteroatoms. The third-order valence-electron chi connectivity index (χ3n) is 7.96. The Balaban J connectivity index is 1.62. The molecule has 44 heavy (non-hydrogen) atoms. The minimum atomic E-state index is -4.40. The number of carbonyl (C=O) groups excluding carboxylic acids is 4. The fourth-order valence-electron chi connectivity index (χ4n) is 5.66. The van der Waals surface area contributed by atoms with Crippen molar-refractivity contribution in [1.82, 2.24) is 9.80 Å². The van der Waals surface area contributed by atoms with E-state index >= 15 is 0 Å². The van der Waals surface area contributed by atoms with Crippen LogP contribution in [0.5, 0.6) is 0 Å². The number of imide groups is 1. The van der Waals surface area contributed by atoms with E-state index in [2.05, 4.69) is 6.58 Å². The van der Waals surface area contributed by atoms with Crippen molar-refractivity contribution < 1.29 is 28.6 Å². The molecule has 0 spiro atoms. The van der Waals surface area contributed by atoms with E-state index in [1.807, 2.05) is 60.7 Å². The molecule has 0 aromatic heterocycles. The lowest BCUT2D eigenvalue weighted by Crippen LogP contribution is -2.45. The molecule has 1 aliphatic rings. The van der Waals surface area contributed by atoms with E-state index in [0.717, 1.165) is 21.2 Å². The monoisotopic (exact) mass is 618 g/mol. The van der Waals surface area contributed by atoms with Gasteiger partial charge in [-0.2, -0.15) is 0 Å². The molecule has 1 aliphatic carbocycles. The van der Waals surface area contributed by atoms with Crippen LogP contribution in [0.2, 0.25) is 0 Å². The van der Waals surface area contributed by atoms with E-state index in [0.29, 0.717) is 18.5 Å². The summed E-state index contributed by atoms with van der Waals surface area (Å²) in [5, 5.41) is 1.81. The maximum atomic E-state index is 14.3. The van der Waals surface area contributed by atoms with Crippen LogP contribution in [-0.4, -0.2) is 69.5 Å². The summed E-state index contributed by atoms with van der Waals surface area (Å²) >= 11 is 0. The first-order chi connectivity index (χ1) is 21.0. The maximum Gasteiger partial charge on any atom is 0.321 e. The van der Waals surface area contributed by atoms with Crippen LogP contribution < -0.4 is 10.6 Å². The van der Waals surface area contributed by atoms with Gasteiger partial charge in [0.25, 0.3) is 0 Å². The van der Waals surface area contributed by atoms with Gasteiger partial charge < -0.3 is 15.5 Å². The van der Waals surface area contributed by atoms with Crippen molar-refractivity contribution >= 4 is 47.6 Å². The van der Waals surface area contributed by atoms with Gasteiger partial charge >= 0.3 is 6.03 Å². The Morgan fingerprint density at radius 2 is 1.70 bits per heavy atom. The number of fused-ring (bicyclic) bond motifs is 1. The van der Waals surface area contributed by atoms with E-state index in [-0.39, 0.29) is 19.5 Å². The summed E-state index contributed by atoms with van der Waals surface area (Å²) in [5.74, 6) is -3.39. The molecule has 3 N–H and O–H groups in total. The SMILES string of the molecule is C=CCCN(C(N)=O)C(=O)C1CC1N(CC)C(=O)CP(=O)(O)C(Cc1ccccc1)N(C(C)=O)c1ccc2ccccc2c1. The number of carbonyl (C=O) groups is 4. The molecule has 4 rings (SSSR count). The first kappa shape index (κ1) is 32.6. The van der Waals surface area contributed by atoms with Gasteiger partial charge in [-0.1, -0.05) is 66.7 Å². The molecule has 3 aromatic carbocycles. The van der Waals surface area contributed by atoms with Crippen molar-refractivity contribution in [2.24, 2.45) is 11.7 Å². The van der Waals surface area contributed by atoms with Gasteiger partial charge in [-0.15, -0.1) is 6.58 Å².